The molecular weight excluding hydrogens is 258 g/mol. The summed E-state index contributed by atoms with van der Waals surface area (Å²) in [5, 5.41) is 4.31. The predicted molar refractivity (Wildman–Crippen MR) is 84.7 cm³/mol. The van der Waals surface area contributed by atoms with E-state index in [2.05, 4.69) is 33.0 Å². The highest BCUT2D eigenvalue weighted by Crippen LogP contribution is 2.29. The molecule has 1 N–H and O–H groups in total. The molecular formula is C15H31NO2S. The molecule has 0 bridgehead atoms. The number of hydrogen-bond acceptors (Lipinski definition) is 4. The second kappa shape index (κ2) is 8.85. The van der Waals surface area contributed by atoms with E-state index in [1.165, 1.54) is 0 Å². The lowest BCUT2D eigenvalue weighted by Gasteiger charge is -2.32. The van der Waals surface area contributed by atoms with Crippen molar-refractivity contribution >= 4 is 17.7 Å². The SMILES string of the molecule is CCNC(C)(CC(C)SC(C)C(C)C)C(=O)OCC. The van der Waals surface area contributed by atoms with Gasteiger partial charge in [-0.05, 0) is 32.7 Å². The molecule has 0 saturated carbocycles. The summed E-state index contributed by atoms with van der Waals surface area (Å²) in [5.41, 5.74) is -0.576. The van der Waals surface area contributed by atoms with Crippen molar-refractivity contribution in [3.8, 4) is 0 Å². The van der Waals surface area contributed by atoms with Crippen molar-refractivity contribution in [1.29, 1.82) is 0 Å². The number of hydrogen-bond donors (Lipinski definition) is 1. The minimum Gasteiger partial charge on any atom is -0.465 e. The Bertz CT molecular complexity index is 271. The van der Waals surface area contributed by atoms with Crippen molar-refractivity contribution < 1.29 is 9.53 Å². The van der Waals surface area contributed by atoms with Crippen LogP contribution in [0.4, 0.5) is 0 Å². The van der Waals surface area contributed by atoms with Gasteiger partial charge in [0.1, 0.15) is 5.54 Å². The number of esters is 1. The molecule has 0 aliphatic carbocycles. The van der Waals surface area contributed by atoms with E-state index < -0.39 is 5.54 Å². The Morgan fingerprint density at radius 1 is 1.26 bits per heavy atom. The van der Waals surface area contributed by atoms with Gasteiger partial charge in [0.25, 0.3) is 0 Å². The first-order chi connectivity index (χ1) is 8.76. The molecule has 0 aliphatic heterocycles. The molecule has 3 unspecified atom stereocenters. The molecule has 0 aromatic rings. The molecule has 19 heavy (non-hydrogen) atoms. The van der Waals surface area contributed by atoms with Gasteiger partial charge in [0.15, 0.2) is 0 Å². The molecule has 0 spiro atoms. The van der Waals surface area contributed by atoms with Gasteiger partial charge in [0.05, 0.1) is 6.61 Å². The van der Waals surface area contributed by atoms with E-state index in [0.717, 1.165) is 13.0 Å². The Labute approximate surface area is 123 Å². The van der Waals surface area contributed by atoms with Crippen LogP contribution in [0, 0.1) is 5.92 Å². The van der Waals surface area contributed by atoms with Gasteiger partial charge in [-0.15, -0.1) is 0 Å². The predicted octanol–water partition coefficient (Wildman–Crippen LogP) is 3.47. The van der Waals surface area contributed by atoms with Crippen LogP contribution in [0.1, 0.15) is 54.9 Å². The van der Waals surface area contributed by atoms with Gasteiger partial charge in [-0.25, -0.2) is 0 Å². The topological polar surface area (TPSA) is 38.3 Å². The summed E-state index contributed by atoms with van der Waals surface area (Å²) in [7, 11) is 0. The molecule has 114 valence electrons. The van der Waals surface area contributed by atoms with Crippen LogP contribution in [-0.2, 0) is 9.53 Å². The molecule has 0 aliphatic rings. The van der Waals surface area contributed by atoms with E-state index in [1.807, 2.05) is 32.5 Å². The van der Waals surface area contributed by atoms with Crippen molar-refractivity contribution in [2.75, 3.05) is 13.2 Å². The third-order valence-electron chi connectivity index (χ3n) is 3.37. The molecule has 3 atom stereocenters. The van der Waals surface area contributed by atoms with E-state index in [1.54, 1.807) is 0 Å². The number of likely N-dealkylation sites (N-methyl/N-ethyl adjacent to an activating group) is 1. The first kappa shape index (κ1) is 18.8. The number of carbonyl (C=O) groups is 1. The fraction of sp³-hybridized carbons (Fsp3) is 0.933. The van der Waals surface area contributed by atoms with Crippen LogP contribution >= 0.6 is 11.8 Å². The Kier molecular flexibility index (Phi) is 8.75. The quantitative estimate of drug-likeness (QED) is 0.660. The Balaban J connectivity index is 4.60. The zero-order chi connectivity index (χ0) is 15.1. The van der Waals surface area contributed by atoms with E-state index >= 15 is 0 Å². The maximum absolute atomic E-state index is 12.1. The second-order valence-electron chi connectivity index (χ2n) is 5.68. The van der Waals surface area contributed by atoms with Gasteiger partial charge >= 0.3 is 5.97 Å². The zero-order valence-corrected chi connectivity index (χ0v) is 14.4. The number of nitrogens with one attached hydrogen (secondary N) is 1. The summed E-state index contributed by atoms with van der Waals surface area (Å²) in [6.07, 6.45) is 0.793. The minimum atomic E-state index is -0.576. The van der Waals surface area contributed by atoms with Crippen LogP contribution in [0.2, 0.25) is 0 Å². The summed E-state index contributed by atoms with van der Waals surface area (Å²) in [4.78, 5) is 12.1. The Hall–Kier alpha value is -0.220. The lowest BCUT2D eigenvalue weighted by molar-refractivity contribution is -0.150. The highest BCUT2D eigenvalue weighted by molar-refractivity contribution is 8.00. The summed E-state index contributed by atoms with van der Waals surface area (Å²) >= 11 is 1.95. The summed E-state index contributed by atoms with van der Waals surface area (Å²) in [6.45, 7) is 15.9. The molecule has 0 amide bonds. The number of thioether (sulfide) groups is 1. The molecule has 4 heteroatoms. The molecule has 0 aromatic heterocycles. The smallest absolute Gasteiger partial charge is 0.326 e. The Morgan fingerprint density at radius 2 is 1.84 bits per heavy atom. The highest BCUT2D eigenvalue weighted by Gasteiger charge is 2.35. The van der Waals surface area contributed by atoms with Crippen molar-refractivity contribution in [3.63, 3.8) is 0 Å². The molecule has 0 saturated heterocycles. The molecule has 0 heterocycles. The fourth-order valence-electron chi connectivity index (χ4n) is 2.05. The molecule has 0 radical (unpaired) electrons. The summed E-state index contributed by atoms with van der Waals surface area (Å²) in [5.74, 6) is 0.516. The Morgan fingerprint density at radius 3 is 2.26 bits per heavy atom. The van der Waals surface area contributed by atoms with Gasteiger partial charge in [0.2, 0.25) is 0 Å². The molecule has 0 aromatic carbocycles. The van der Waals surface area contributed by atoms with Gasteiger partial charge in [-0.1, -0.05) is 34.6 Å². The van der Waals surface area contributed by atoms with Crippen LogP contribution in [0.5, 0.6) is 0 Å². The largest absolute Gasteiger partial charge is 0.465 e. The standard InChI is InChI=1S/C15H31NO2S/c1-8-16-15(7,14(17)18-9-2)10-12(5)19-13(6)11(3)4/h11-13,16H,8-10H2,1-7H3. The van der Waals surface area contributed by atoms with Gasteiger partial charge < -0.3 is 10.1 Å². The van der Waals surface area contributed by atoms with Crippen LogP contribution in [0.15, 0.2) is 0 Å². The summed E-state index contributed by atoms with van der Waals surface area (Å²) in [6, 6.07) is 0. The maximum Gasteiger partial charge on any atom is 0.326 e. The second-order valence-corrected chi connectivity index (χ2v) is 7.50. The third kappa shape index (κ3) is 6.66. The van der Waals surface area contributed by atoms with E-state index in [4.69, 9.17) is 4.74 Å². The summed E-state index contributed by atoms with van der Waals surface area (Å²) < 4.78 is 5.20. The molecule has 0 rings (SSSR count). The van der Waals surface area contributed by atoms with Gasteiger partial charge in [-0.3, -0.25) is 4.79 Å². The van der Waals surface area contributed by atoms with Gasteiger partial charge in [-0.2, -0.15) is 11.8 Å². The van der Waals surface area contributed by atoms with Crippen LogP contribution in [0.25, 0.3) is 0 Å². The number of rotatable bonds is 9. The third-order valence-corrected chi connectivity index (χ3v) is 4.98. The molecule has 0 fully saturated rings. The van der Waals surface area contributed by atoms with Crippen LogP contribution in [0.3, 0.4) is 0 Å². The average molecular weight is 289 g/mol. The molecule has 3 nitrogen and oxygen atoms in total. The van der Waals surface area contributed by atoms with Crippen LogP contribution < -0.4 is 5.32 Å². The number of ether oxygens (including phenoxy) is 1. The van der Waals surface area contributed by atoms with Crippen molar-refractivity contribution in [2.24, 2.45) is 5.92 Å². The lowest BCUT2D eigenvalue weighted by Crippen LogP contribution is -2.52. The van der Waals surface area contributed by atoms with E-state index in [-0.39, 0.29) is 5.97 Å². The number of carbonyl (C=O) groups excluding carboxylic acids is 1. The van der Waals surface area contributed by atoms with E-state index in [0.29, 0.717) is 23.0 Å². The first-order valence-corrected chi connectivity index (χ1v) is 8.28. The fourth-order valence-corrected chi connectivity index (χ4v) is 3.53. The first-order valence-electron chi connectivity index (χ1n) is 7.34. The lowest BCUT2D eigenvalue weighted by atomic mass is 9.96. The van der Waals surface area contributed by atoms with Crippen molar-refractivity contribution in [2.45, 2.75) is 70.9 Å². The minimum absolute atomic E-state index is 0.137. The van der Waals surface area contributed by atoms with E-state index in [9.17, 15) is 4.79 Å². The van der Waals surface area contributed by atoms with Gasteiger partial charge in [0, 0.05) is 10.5 Å². The normalized spacial score (nSPS) is 17.9. The van der Waals surface area contributed by atoms with Crippen LogP contribution in [-0.4, -0.2) is 35.2 Å². The zero-order valence-electron chi connectivity index (χ0n) is 13.6. The highest BCUT2D eigenvalue weighted by atomic mass is 32.2. The average Bonchev–Trinajstić information content (AvgIpc) is 2.28. The van der Waals surface area contributed by atoms with Crippen molar-refractivity contribution in [1.82, 2.24) is 5.32 Å². The maximum atomic E-state index is 12.1. The van der Waals surface area contributed by atoms with Crippen molar-refractivity contribution in [3.05, 3.63) is 0 Å². The monoisotopic (exact) mass is 289 g/mol.